The van der Waals surface area contributed by atoms with Crippen molar-refractivity contribution in [3.05, 3.63) is 89.3 Å². The number of hydrogen-bond donors (Lipinski definition) is 1. The molecule has 1 amide bonds. The van der Waals surface area contributed by atoms with Crippen molar-refractivity contribution in [1.82, 2.24) is 39.2 Å². The van der Waals surface area contributed by atoms with E-state index in [9.17, 15) is 4.79 Å². The van der Waals surface area contributed by atoms with Gasteiger partial charge in [0.1, 0.15) is 11.3 Å². The van der Waals surface area contributed by atoms with Crippen LogP contribution in [0.1, 0.15) is 57.9 Å². The van der Waals surface area contributed by atoms with Gasteiger partial charge in [-0.15, -0.1) is 0 Å². The highest BCUT2D eigenvalue weighted by molar-refractivity contribution is 6.04. The summed E-state index contributed by atoms with van der Waals surface area (Å²) in [6.45, 7) is 4.06. The van der Waals surface area contributed by atoms with E-state index in [2.05, 4.69) is 32.0 Å². The van der Waals surface area contributed by atoms with Gasteiger partial charge in [-0.2, -0.15) is 10.2 Å². The van der Waals surface area contributed by atoms with E-state index in [4.69, 9.17) is 15.9 Å². The van der Waals surface area contributed by atoms with Crippen LogP contribution in [0.2, 0.25) is 0 Å². The maximum Gasteiger partial charge on any atom is 0.254 e. The van der Waals surface area contributed by atoms with Crippen LogP contribution in [0.3, 0.4) is 0 Å². The lowest BCUT2D eigenvalue weighted by Crippen LogP contribution is -2.43. The zero-order valence-corrected chi connectivity index (χ0v) is 22.4. The predicted octanol–water partition coefficient (Wildman–Crippen LogP) is 3.52. The Morgan fingerprint density at radius 3 is 2.67 bits per heavy atom. The van der Waals surface area contributed by atoms with Crippen molar-refractivity contribution < 1.29 is 4.79 Å². The lowest BCUT2D eigenvalue weighted by Gasteiger charge is -2.39. The number of pyridine rings is 2. The van der Waals surface area contributed by atoms with Crippen LogP contribution in [-0.4, -0.2) is 64.3 Å². The molecular formula is C30H31N9O. The molecule has 5 aromatic rings. The molecule has 1 aliphatic carbocycles. The first-order valence-electron chi connectivity index (χ1n) is 13.9. The highest BCUT2D eigenvalue weighted by atomic mass is 16.1. The number of hydrogen-bond acceptors (Lipinski definition) is 7. The van der Waals surface area contributed by atoms with Crippen LogP contribution < -0.4 is 5.73 Å². The molecule has 0 aromatic carbocycles. The zero-order valence-electron chi connectivity index (χ0n) is 22.4. The number of aryl methyl sites for hydroxylation is 2. The molecule has 0 bridgehead atoms. The normalized spacial score (nSPS) is 18.2. The smallest absolute Gasteiger partial charge is 0.254 e. The molecular weight excluding hydrogens is 502 g/mol. The Bertz CT molecular complexity index is 1700. The molecule has 10 heteroatoms. The second-order valence-corrected chi connectivity index (χ2v) is 10.9. The minimum Gasteiger partial charge on any atom is -0.365 e. The van der Waals surface area contributed by atoms with Gasteiger partial charge in [0, 0.05) is 42.9 Å². The van der Waals surface area contributed by atoms with Gasteiger partial charge in [-0.05, 0) is 93.1 Å². The minimum atomic E-state index is -0.576. The summed E-state index contributed by atoms with van der Waals surface area (Å²) < 4.78 is 3.38. The van der Waals surface area contributed by atoms with Crippen molar-refractivity contribution in [2.75, 3.05) is 13.1 Å². The monoisotopic (exact) mass is 533 g/mol. The second kappa shape index (κ2) is 9.95. The Morgan fingerprint density at radius 1 is 1.00 bits per heavy atom. The molecule has 1 aliphatic heterocycles. The molecule has 1 atom stereocenters. The maximum atomic E-state index is 12.6. The van der Waals surface area contributed by atoms with Gasteiger partial charge in [-0.3, -0.25) is 14.7 Å². The lowest BCUT2D eigenvalue weighted by atomic mass is 9.86. The summed E-state index contributed by atoms with van der Waals surface area (Å²) >= 11 is 0. The van der Waals surface area contributed by atoms with Crippen LogP contribution in [0.25, 0.3) is 22.9 Å². The number of nitrogens with zero attached hydrogens (tertiary/aromatic N) is 8. The molecule has 7 rings (SSSR count). The van der Waals surface area contributed by atoms with Gasteiger partial charge < -0.3 is 5.73 Å². The Hall–Kier alpha value is -4.44. The number of nitrogens with two attached hydrogens (primary N) is 1. The molecule has 10 nitrogen and oxygen atoms in total. The summed E-state index contributed by atoms with van der Waals surface area (Å²) in [5.74, 6) is 0.387. The highest BCUT2D eigenvalue weighted by Gasteiger charge is 2.31. The van der Waals surface area contributed by atoms with Crippen molar-refractivity contribution >= 4 is 11.6 Å². The number of aromatic nitrogens is 7. The van der Waals surface area contributed by atoms with Crippen molar-refractivity contribution in [1.29, 1.82) is 0 Å². The third-order valence-electron chi connectivity index (χ3n) is 8.40. The number of amides is 1. The quantitative estimate of drug-likeness (QED) is 0.367. The maximum absolute atomic E-state index is 12.6. The Kier molecular flexibility index (Phi) is 6.11. The molecule has 6 heterocycles. The number of fused-ring (bicyclic) bond motifs is 2. The van der Waals surface area contributed by atoms with E-state index in [0.29, 0.717) is 34.8 Å². The number of carbonyl (C=O) groups excluding carboxylic acids is 1. The number of primary amides is 1. The fourth-order valence-electron chi connectivity index (χ4n) is 6.25. The third-order valence-corrected chi connectivity index (χ3v) is 8.40. The summed E-state index contributed by atoms with van der Waals surface area (Å²) in [6.07, 6.45) is 14.6. The standard InChI is InChI=1S/C30H31N9O/c1-19-3-6-26(34-17-19)39-25(28-27(29(31)40)30-33-10-2-12-38(30)36-28)16-24(35-39)21-8-13-37(14-9-21)23-5-4-20-7-11-32-18-22(20)15-23/h2-3,6-7,10-12,16-18,21,23H,4-5,8-9,13-15H2,1H3,(H2,31,40). The van der Waals surface area contributed by atoms with Crippen LogP contribution in [0.5, 0.6) is 0 Å². The SMILES string of the molecule is Cc1ccc(-n2nc(C3CCN(C4CCc5ccncc5C4)CC3)cc2-c2nn3cccnc3c2C(N)=O)nc1. The van der Waals surface area contributed by atoms with E-state index in [0.717, 1.165) is 50.0 Å². The molecule has 5 aromatic heterocycles. The molecule has 2 N–H and O–H groups in total. The van der Waals surface area contributed by atoms with Crippen LogP contribution in [0, 0.1) is 6.92 Å². The number of rotatable bonds is 5. The molecule has 40 heavy (non-hydrogen) atoms. The second-order valence-electron chi connectivity index (χ2n) is 10.9. The van der Waals surface area contributed by atoms with Gasteiger partial charge in [0.2, 0.25) is 0 Å². The molecule has 202 valence electrons. The van der Waals surface area contributed by atoms with Crippen LogP contribution in [0.15, 0.2) is 61.3 Å². The number of piperidine rings is 1. The summed E-state index contributed by atoms with van der Waals surface area (Å²) in [5.41, 5.74) is 12.6. The van der Waals surface area contributed by atoms with E-state index in [-0.39, 0.29) is 5.56 Å². The van der Waals surface area contributed by atoms with Gasteiger partial charge in [-0.1, -0.05) is 6.07 Å². The molecule has 1 fully saturated rings. The lowest BCUT2D eigenvalue weighted by molar-refractivity contribution is 0.100. The van der Waals surface area contributed by atoms with Crippen LogP contribution in [-0.2, 0) is 12.8 Å². The molecule has 1 unspecified atom stereocenters. The van der Waals surface area contributed by atoms with E-state index in [1.807, 2.05) is 37.6 Å². The van der Waals surface area contributed by atoms with Crippen LogP contribution in [0.4, 0.5) is 0 Å². The predicted molar refractivity (Wildman–Crippen MR) is 150 cm³/mol. The van der Waals surface area contributed by atoms with Gasteiger partial charge in [-0.25, -0.2) is 19.2 Å². The summed E-state index contributed by atoms with van der Waals surface area (Å²) in [6, 6.07) is 10.5. The molecule has 2 aliphatic rings. The van der Waals surface area contributed by atoms with Crippen molar-refractivity contribution in [3.63, 3.8) is 0 Å². The van der Waals surface area contributed by atoms with Gasteiger partial charge in [0.15, 0.2) is 11.5 Å². The topological polar surface area (TPSA) is 120 Å². The first-order chi connectivity index (χ1) is 19.5. The average Bonchev–Trinajstić information content (AvgIpc) is 3.60. The Morgan fingerprint density at radius 2 is 1.88 bits per heavy atom. The van der Waals surface area contributed by atoms with Crippen molar-refractivity contribution in [3.8, 4) is 17.2 Å². The minimum absolute atomic E-state index is 0.280. The largest absolute Gasteiger partial charge is 0.365 e. The molecule has 1 saturated heterocycles. The van der Waals surface area contributed by atoms with E-state index in [1.54, 1.807) is 27.7 Å². The fourth-order valence-corrected chi connectivity index (χ4v) is 6.25. The van der Waals surface area contributed by atoms with Crippen LogP contribution >= 0.6 is 0 Å². The van der Waals surface area contributed by atoms with E-state index < -0.39 is 5.91 Å². The van der Waals surface area contributed by atoms with Gasteiger partial charge in [0.25, 0.3) is 5.91 Å². The Labute approximate surface area is 231 Å². The van der Waals surface area contributed by atoms with E-state index >= 15 is 0 Å². The summed E-state index contributed by atoms with van der Waals surface area (Å²) in [5, 5.41) is 9.76. The third kappa shape index (κ3) is 4.34. The van der Waals surface area contributed by atoms with Crippen molar-refractivity contribution in [2.45, 2.75) is 51.0 Å². The molecule has 0 spiro atoms. The van der Waals surface area contributed by atoms with Gasteiger partial charge >= 0.3 is 0 Å². The number of likely N-dealkylation sites (tertiary alicyclic amines) is 1. The molecule has 0 radical (unpaired) electrons. The van der Waals surface area contributed by atoms with Crippen molar-refractivity contribution in [2.24, 2.45) is 5.73 Å². The fraction of sp³-hybridized carbons (Fsp3) is 0.333. The summed E-state index contributed by atoms with van der Waals surface area (Å²) in [4.78, 5) is 28.6. The first-order valence-corrected chi connectivity index (χ1v) is 13.9. The first kappa shape index (κ1) is 24.6. The molecule has 0 saturated carbocycles. The zero-order chi connectivity index (χ0) is 27.2. The van der Waals surface area contributed by atoms with E-state index in [1.165, 1.54) is 17.5 Å². The summed E-state index contributed by atoms with van der Waals surface area (Å²) in [7, 11) is 0. The Balaban J connectivity index is 1.20. The number of carbonyl (C=O) groups is 1. The highest BCUT2D eigenvalue weighted by Crippen LogP contribution is 2.35. The van der Waals surface area contributed by atoms with Gasteiger partial charge in [0.05, 0.1) is 11.4 Å². The average molecular weight is 534 g/mol.